The zero-order valence-electron chi connectivity index (χ0n) is 5.29. The predicted octanol–water partition coefficient (Wildman–Crippen LogP) is 1.64. The fraction of sp³-hybridized carbons (Fsp3) is 0.200. The van der Waals surface area contributed by atoms with Gasteiger partial charge in [-0.15, -0.1) is 11.3 Å². The average Bonchev–Trinajstić information content (AvgIpc) is 2.35. The highest BCUT2D eigenvalue weighted by Gasteiger charge is 2.06. The first-order valence-electron chi connectivity index (χ1n) is 2.75. The molecule has 0 unspecified atom stereocenters. The van der Waals surface area contributed by atoms with E-state index >= 15 is 0 Å². The summed E-state index contributed by atoms with van der Waals surface area (Å²) >= 11 is 2.91. The molecular formula is C5H5N3S2. The summed E-state index contributed by atoms with van der Waals surface area (Å²) in [4.78, 5) is 4.17. The van der Waals surface area contributed by atoms with Crippen molar-refractivity contribution >= 4 is 38.2 Å². The Bertz CT molecular complexity index is 362. The van der Waals surface area contributed by atoms with Crippen LogP contribution >= 0.6 is 22.9 Å². The Morgan fingerprint density at radius 1 is 1.50 bits per heavy atom. The van der Waals surface area contributed by atoms with Crippen LogP contribution in [-0.4, -0.2) is 9.36 Å². The highest BCUT2D eigenvalue weighted by Crippen LogP contribution is 2.29. The summed E-state index contributed by atoms with van der Waals surface area (Å²) in [5, 5.41) is 1.80. The second-order valence-electron chi connectivity index (χ2n) is 1.93. The van der Waals surface area contributed by atoms with E-state index in [4.69, 9.17) is 5.73 Å². The maximum absolute atomic E-state index is 5.62. The minimum Gasteiger partial charge on any atom is -0.388 e. The molecule has 0 saturated carbocycles. The van der Waals surface area contributed by atoms with Gasteiger partial charge in [0, 0.05) is 0 Å². The van der Waals surface area contributed by atoms with Crippen LogP contribution in [0.4, 0.5) is 5.00 Å². The molecule has 0 aliphatic rings. The molecule has 0 spiro atoms. The van der Waals surface area contributed by atoms with Crippen LogP contribution in [0.25, 0.3) is 10.3 Å². The minimum absolute atomic E-state index is 0.778. The van der Waals surface area contributed by atoms with Gasteiger partial charge in [-0.1, -0.05) is 0 Å². The molecule has 52 valence electrons. The van der Waals surface area contributed by atoms with Crippen molar-refractivity contribution in [1.82, 2.24) is 9.36 Å². The monoisotopic (exact) mass is 171 g/mol. The van der Waals surface area contributed by atoms with E-state index in [1.807, 2.05) is 6.92 Å². The fourth-order valence-electron chi connectivity index (χ4n) is 0.772. The number of nitrogen functional groups attached to an aromatic ring is 1. The summed E-state index contributed by atoms with van der Waals surface area (Å²) in [5.74, 6) is 0. The molecule has 2 rings (SSSR count). The molecule has 0 aliphatic carbocycles. The number of aryl methyl sites for hydroxylation is 1. The third kappa shape index (κ3) is 0.708. The van der Waals surface area contributed by atoms with Gasteiger partial charge in [-0.3, -0.25) is 0 Å². The lowest BCUT2D eigenvalue weighted by Crippen LogP contribution is -1.74. The number of rotatable bonds is 0. The molecule has 0 saturated heterocycles. The summed E-state index contributed by atoms with van der Waals surface area (Å²) < 4.78 is 5.09. The maximum atomic E-state index is 5.62. The van der Waals surface area contributed by atoms with Crippen molar-refractivity contribution in [2.45, 2.75) is 6.92 Å². The largest absolute Gasteiger partial charge is 0.388 e. The van der Waals surface area contributed by atoms with Gasteiger partial charge in [0.2, 0.25) is 0 Å². The summed E-state index contributed by atoms with van der Waals surface area (Å²) in [6.45, 7) is 1.95. The molecule has 0 aromatic carbocycles. The highest BCUT2D eigenvalue weighted by atomic mass is 32.1. The van der Waals surface area contributed by atoms with Gasteiger partial charge in [-0.25, -0.2) is 4.98 Å². The zero-order chi connectivity index (χ0) is 7.14. The standard InChI is InChI=1S/C5H5N3S2/c1-2-7-5-3(9-2)4(6)10-8-5/h6H2,1H3. The van der Waals surface area contributed by atoms with Gasteiger partial charge in [0.05, 0.1) is 5.01 Å². The molecule has 10 heavy (non-hydrogen) atoms. The molecule has 2 aromatic rings. The average molecular weight is 171 g/mol. The summed E-state index contributed by atoms with van der Waals surface area (Å²) in [7, 11) is 0. The first kappa shape index (κ1) is 6.06. The lowest BCUT2D eigenvalue weighted by Gasteiger charge is -1.75. The smallest absolute Gasteiger partial charge is 0.186 e. The lowest BCUT2D eigenvalue weighted by molar-refractivity contribution is 1.32. The number of nitrogens with two attached hydrogens (primary N) is 1. The number of thiazole rings is 1. The van der Waals surface area contributed by atoms with Crippen LogP contribution in [0, 0.1) is 6.92 Å². The van der Waals surface area contributed by atoms with Crippen molar-refractivity contribution in [2.75, 3.05) is 5.73 Å². The number of nitrogens with zero attached hydrogens (tertiary/aromatic N) is 2. The fourth-order valence-corrected chi connectivity index (χ4v) is 2.27. The van der Waals surface area contributed by atoms with Gasteiger partial charge in [-0.2, -0.15) is 4.37 Å². The third-order valence-electron chi connectivity index (χ3n) is 1.17. The Morgan fingerprint density at radius 2 is 2.30 bits per heavy atom. The van der Waals surface area contributed by atoms with Gasteiger partial charge >= 0.3 is 0 Å². The number of anilines is 1. The molecule has 0 atom stereocenters. The Balaban J connectivity index is 2.90. The normalized spacial score (nSPS) is 10.9. The molecule has 0 radical (unpaired) electrons. The van der Waals surface area contributed by atoms with E-state index in [-0.39, 0.29) is 0 Å². The Hall–Kier alpha value is -0.680. The van der Waals surface area contributed by atoms with E-state index in [1.165, 1.54) is 11.5 Å². The molecule has 2 aromatic heterocycles. The van der Waals surface area contributed by atoms with Crippen LogP contribution < -0.4 is 5.73 Å². The maximum Gasteiger partial charge on any atom is 0.186 e. The zero-order valence-corrected chi connectivity index (χ0v) is 6.92. The van der Waals surface area contributed by atoms with Crippen molar-refractivity contribution in [3.63, 3.8) is 0 Å². The molecule has 2 heterocycles. The minimum atomic E-state index is 0.778. The number of hydrogen-bond donors (Lipinski definition) is 1. The molecule has 0 bridgehead atoms. The molecular weight excluding hydrogens is 166 g/mol. The van der Waals surface area contributed by atoms with Gasteiger partial charge in [0.1, 0.15) is 9.70 Å². The molecule has 0 fully saturated rings. The summed E-state index contributed by atoms with van der Waals surface area (Å²) in [5.41, 5.74) is 6.41. The van der Waals surface area contributed by atoms with E-state index < -0.39 is 0 Å². The van der Waals surface area contributed by atoms with E-state index in [0.29, 0.717) is 0 Å². The molecule has 5 heteroatoms. The van der Waals surface area contributed by atoms with Crippen LogP contribution in [0.1, 0.15) is 5.01 Å². The van der Waals surface area contributed by atoms with Crippen LogP contribution in [0.3, 0.4) is 0 Å². The number of fused-ring (bicyclic) bond motifs is 1. The number of aromatic nitrogens is 2. The summed E-state index contributed by atoms with van der Waals surface area (Å²) in [6.07, 6.45) is 0. The summed E-state index contributed by atoms with van der Waals surface area (Å²) in [6, 6.07) is 0. The van der Waals surface area contributed by atoms with Crippen LogP contribution in [-0.2, 0) is 0 Å². The van der Waals surface area contributed by atoms with E-state index in [9.17, 15) is 0 Å². The quantitative estimate of drug-likeness (QED) is 0.655. The molecule has 2 N–H and O–H groups in total. The van der Waals surface area contributed by atoms with Crippen molar-refractivity contribution in [3.05, 3.63) is 5.01 Å². The van der Waals surface area contributed by atoms with E-state index in [2.05, 4.69) is 9.36 Å². The SMILES string of the molecule is Cc1nc2nsc(N)c2s1. The second-order valence-corrected chi connectivity index (χ2v) is 3.94. The van der Waals surface area contributed by atoms with E-state index in [1.54, 1.807) is 11.3 Å². The lowest BCUT2D eigenvalue weighted by atomic mass is 10.6. The van der Waals surface area contributed by atoms with Gasteiger partial charge in [-0.05, 0) is 18.5 Å². The van der Waals surface area contributed by atoms with Gasteiger partial charge in [0.15, 0.2) is 5.65 Å². The Labute approximate surface area is 65.7 Å². The van der Waals surface area contributed by atoms with Gasteiger partial charge in [0.25, 0.3) is 0 Å². The second kappa shape index (κ2) is 1.90. The number of hydrogen-bond acceptors (Lipinski definition) is 5. The highest BCUT2D eigenvalue weighted by molar-refractivity contribution is 7.24. The first-order chi connectivity index (χ1) is 4.77. The third-order valence-corrected chi connectivity index (χ3v) is 2.96. The molecule has 0 aliphatic heterocycles. The van der Waals surface area contributed by atoms with Crippen LogP contribution in [0.2, 0.25) is 0 Å². The van der Waals surface area contributed by atoms with Crippen LogP contribution in [0.15, 0.2) is 0 Å². The van der Waals surface area contributed by atoms with Gasteiger partial charge < -0.3 is 5.73 Å². The van der Waals surface area contributed by atoms with Crippen molar-refractivity contribution in [3.8, 4) is 0 Å². The topological polar surface area (TPSA) is 51.8 Å². The molecule has 3 nitrogen and oxygen atoms in total. The van der Waals surface area contributed by atoms with Crippen molar-refractivity contribution < 1.29 is 0 Å². The molecule has 0 amide bonds. The Kier molecular flexibility index (Phi) is 1.15. The van der Waals surface area contributed by atoms with Crippen molar-refractivity contribution in [2.24, 2.45) is 0 Å². The van der Waals surface area contributed by atoms with Crippen molar-refractivity contribution in [1.29, 1.82) is 0 Å². The first-order valence-corrected chi connectivity index (χ1v) is 4.34. The van der Waals surface area contributed by atoms with Crippen LogP contribution in [0.5, 0.6) is 0 Å². The van der Waals surface area contributed by atoms with E-state index in [0.717, 1.165) is 20.4 Å². The predicted molar refractivity (Wildman–Crippen MR) is 44.4 cm³/mol. The Morgan fingerprint density at radius 3 is 3.00 bits per heavy atom.